The van der Waals surface area contributed by atoms with Gasteiger partial charge >= 0.3 is 6.18 Å². The van der Waals surface area contributed by atoms with E-state index in [1.54, 1.807) is 0 Å². The van der Waals surface area contributed by atoms with Crippen molar-refractivity contribution in [2.24, 2.45) is 7.05 Å². The maximum atomic E-state index is 13.0. The summed E-state index contributed by atoms with van der Waals surface area (Å²) in [6.45, 7) is 0.0693. The summed E-state index contributed by atoms with van der Waals surface area (Å²) in [6.07, 6.45) is -5.40. The minimum absolute atomic E-state index is 0.00629. The third-order valence-corrected chi connectivity index (χ3v) is 3.93. The predicted octanol–water partition coefficient (Wildman–Crippen LogP) is 3.82. The average Bonchev–Trinajstić information content (AvgIpc) is 2.89. The first kappa shape index (κ1) is 21.7. The van der Waals surface area contributed by atoms with Gasteiger partial charge in [-0.15, -0.1) is 5.10 Å². The van der Waals surface area contributed by atoms with Crippen LogP contribution in [0.15, 0.2) is 18.2 Å². The Bertz CT molecular complexity index is 855. The Morgan fingerprint density at radius 3 is 2.50 bits per heavy atom. The summed E-state index contributed by atoms with van der Waals surface area (Å²) in [5.41, 5.74) is -1.40. The fraction of sp³-hybridized carbons (Fsp3) is 0.400. The Balaban J connectivity index is 2.32. The van der Waals surface area contributed by atoms with Gasteiger partial charge in [-0.05, 0) is 6.07 Å². The highest BCUT2D eigenvalue weighted by Gasteiger charge is 2.39. The van der Waals surface area contributed by atoms with Crippen molar-refractivity contribution >= 4 is 23.0 Å². The Labute approximate surface area is 162 Å². The van der Waals surface area contributed by atoms with Gasteiger partial charge in [0.25, 0.3) is 11.6 Å². The molecule has 0 amide bonds. The van der Waals surface area contributed by atoms with Gasteiger partial charge in [0.15, 0.2) is 12.0 Å². The summed E-state index contributed by atoms with van der Waals surface area (Å²) in [6, 6.07) is 3.58. The van der Waals surface area contributed by atoms with Crippen LogP contribution in [-0.4, -0.2) is 41.8 Å². The molecular formula is C15H16ClF3N4O5. The van der Waals surface area contributed by atoms with Crippen LogP contribution in [0.5, 0.6) is 11.6 Å². The van der Waals surface area contributed by atoms with Gasteiger partial charge in [0.2, 0.25) is 0 Å². The Kier molecular flexibility index (Phi) is 6.69. The standard InChI is InChI=1S/C15H16ClF3N4O5/c1-22-13(15(17,18)19)12(16)14(21-22)28-8-4-5-10(23(24)25)9(6-8)20-7-11(26-2)27-3/h4-6,11,20H,7H2,1-3H3. The van der Waals surface area contributed by atoms with Crippen LogP contribution in [0.25, 0.3) is 0 Å². The number of nitrogens with one attached hydrogen (secondary N) is 1. The van der Waals surface area contributed by atoms with E-state index in [1.165, 1.54) is 26.4 Å². The van der Waals surface area contributed by atoms with Gasteiger partial charge in [-0.25, -0.2) is 0 Å². The first-order chi connectivity index (χ1) is 13.1. The first-order valence-electron chi connectivity index (χ1n) is 7.64. The number of benzene rings is 1. The molecule has 1 aromatic carbocycles. The van der Waals surface area contributed by atoms with Crippen LogP contribution in [0, 0.1) is 10.1 Å². The van der Waals surface area contributed by atoms with Gasteiger partial charge < -0.3 is 19.5 Å². The zero-order valence-electron chi connectivity index (χ0n) is 14.9. The Morgan fingerprint density at radius 1 is 1.36 bits per heavy atom. The molecule has 0 bridgehead atoms. The van der Waals surface area contributed by atoms with Crippen LogP contribution in [0.3, 0.4) is 0 Å². The number of nitro groups is 1. The number of aromatic nitrogens is 2. The smallest absolute Gasteiger partial charge is 0.434 e. The van der Waals surface area contributed by atoms with Crippen molar-refractivity contribution in [3.05, 3.63) is 39.0 Å². The molecule has 0 radical (unpaired) electrons. The largest absolute Gasteiger partial charge is 0.436 e. The maximum absolute atomic E-state index is 13.0. The second kappa shape index (κ2) is 8.63. The lowest BCUT2D eigenvalue weighted by Gasteiger charge is -2.15. The lowest BCUT2D eigenvalue weighted by atomic mass is 10.2. The lowest BCUT2D eigenvalue weighted by molar-refractivity contribution is -0.384. The van der Waals surface area contributed by atoms with Gasteiger partial charge in [0.1, 0.15) is 16.5 Å². The van der Waals surface area contributed by atoms with Crippen LogP contribution < -0.4 is 10.1 Å². The maximum Gasteiger partial charge on any atom is 0.434 e. The SMILES string of the molecule is COC(CNc1cc(Oc2nn(C)c(C(F)(F)F)c2Cl)ccc1[N+](=O)[O-])OC. The van der Waals surface area contributed by atoms with Crippen LogP contribution >= 0.6 is 11.6 Å². The second-order valence-corrected chi connectivity index (χ2v) is 5.79. The number of methoxy groups -OCH3 is 2. The van der Waals surface area contributed by atoms with E-state index in [-0.39, 0.29) is 23.7 Å². The zero-order valence-corrected chi connectivity index (χ0v) is 15.7. The van der Waals surface area contributed by atoms with Crippen LogP contribution in [0.4, 0.5) is 24.5 Å². The molecule has 1 aromatic heterocycles. The molecule has 2 aromatic rings. The number of anilines is 1. The van der Waals surface area contributed by atoms with E-state index in [9.17, 15) is 23.3 Å². The normalized spacial score (nSPS) is 11.7. The Hall–Kier alpha value is -2.57. The van der Waals surface area contributed by atoms with E-state index in [2.05, 4.69) is 10.4 Å². The molecular weight excluding hydrogens is 409 g/mol. The lowest BCUT2D eigenvalue weighted by Crippen LogP contribution is -2.23. The van der Waals surface area contributed by atoms with Crippen molar-refractivity contribution in [1.82, 2.24) is 9.78 Å². The molecule has 0 fully saturated rings. The third kappa shape index (κ3) is 4.82. The molecule has 154 valence electrons. The molecule has 28 heavy (non-hydrogen) atoms. The molecule has 0 unspecified atom stereocenters. The molecule has 13 heteroatoms. The quantitative estimate of drug-likeness (QED) is 0.390. The van der Waals surface area contributed by atoms with E-state index in [1.807, 2.05) is 0 Å². The van der Waals surface area contributed by atoms with Gasteiger partial charge in [0, 0.05) is 33.4 Å². The Morgan fingerprint density at radius 2 is 2.00 bits per heavy atom. The van der Waals surface area contributed by atoms with E-state index >= 15 is 0 Å². The number of alkyl halides is 3. The number of nitrogens with zero attached hydrogens (tertiary/aromatic N) is 3. The number of hydrogen-bond donors (Lipinski definition) is 1. The molecule has 0 atom stereocenters. The summed E-state index contributed by atoms with van der Waals surface area (Å²) in [7, 11) is 3.86. The van der Waals surface area contributed by atoms with Crippen LogP contribution in [0.1, 0.15) is 5.69 Å². The molecule has 1 N–H and O–H groups in total. The molecule has 0 saturated carbocycles. The average molecular weight is 425 g/mol. The molecule has 2 rings (SSSR count). The summed E-state index contributed by atoms with van der Waals surface area (Å²) >= 11 is 5.74. The number of nitro benzene ring substituents is 1. The summed E-state index contributed by atoms with van der Waals surface area (Å²) in [4.78, 5) is 10.6. The van der Waals surface area contributed by atoms with E-state index in [0.717, 1.165) is 13.1 Å². The number of halogens is 4. The van der Waals surface area contributed by atoms with Crippen LogP contribution in [-0.2, 0) is 22.7 Å². The van der Waals surface area contributed by atoms with Crippen molar-refractivity contribution in [1.29, 1.82) is 0 Å². The number of rotatable bonds is 8. The summed E-state index contributed by atoms with van der Waals surface area (Å²) < 4.78 is 54.8. The molecule has 9 nitrogen and oxygen atoms in total. The minimum atomic E-state index is -4.72. The van der Waals surface area contributed by atoms with Gasteiger partial charge in [-0.3, -0.25) is 14.8 Å². The number of hydrogen-bond acceptors (Lipinski definition) is 7. The van der Waals surface area contributed by atoms with Gasteiger partial charge in [-0.1, -0.05) is 11.6 Å². The highest BCUT2D eigenvalue weighted by Crippen LogP contribution is 2.41. The number of ether oxygens (including phenoxy) is 3. The van der Waals surface area contributed by atoms with Crippen molar-refractivity contribution < 1.29 is 32.3 Å². The summed E-state index contributed by atoms with van der Waals surface area (Å²) in [5, 5.41) is 16.8. The highest BCUT2D eigenvalue weighted by molar-refractivity contribution is 6.32. The topological polar surface area (TPSA) is 101 Å². The van der Waals surface area contributed by atoms with E-state index in [4.69, 9.17) is 25.8 Å². The summed E-state index contributed by atoms with van der Waals surface area (Å²) in [5.74, 6) is -0.490. The van der Waals surface area contributed by atoms with Crippen molar-refractivity contribution in [2.45, 2.75) is 12.5 Å². The fourth-order valence-electron chi connectivity index (χ4n) is 2.29. The molecule has 1 heterocycles. The predicted molar refractivity (Wildman–Crippen MR) is 92.7 cm³/mol. The van der Waals surface area contributed by atoms with Crippen molar-refractivity contribution in [3.63, 3.8) is 0 Å². The third-order valence-electron chi connectivity index (χ3n) is 3.59. The molecule has 0 aliphatic heterocycles. The minimum Gasteiger partial charge on any atom is -0.436 e. The molecule has 0 aliphatic carbocycles. The van der Waals surface area contributed by atoms with Gasteiger partial charge in [0.05, 0.1) is 11.5 Å². The van der Waals surface area contributed by atoms with Crippen LogP contribution in [0.2, 0.25) is 5.02 Å². The molecule has 0 saturated heterocycles. The fourth-order valence-corrected chi connectivity index (χ4v) is 2.60. The zero-order chi connectivity index (χ0) is 21.1. The number of aryl methyl sites for hydroxylation is 1. The monoisotopic (exact) mass is 424 g/mol. The van der Waals surface area contributed by atoms with E-state index in [0.29, 0.717) is 4.68 Å². The molecule has 0 spiro atoms. The molecule has 0 aliphatic rings. The highest BCUT2D eigenvalue weighted by atomic mass is 35.5. The second-order valence-electron chi connectivity index (χ2n) is 5.41. The van der Waals surface area contributed by atoms with Gasteiger partial charge in [-0.2, -0.15) is 13.2 Å². The van der Waals surface area contributed by atoms with Crippen molar-refractivity contribution in [2.75, 3.05) is 26.1 Å². The van der Waals surface area contributed by atoms with Crippen molar-refractivity contribution in [3.8, 4) is 11.6 Å². The first-order valence-corrected chi connectivity index (χ1v) is 8.01. The van der Waals surface area contributed by atoms with E-state index < -0.39 is 34.0 Å².